The Hall–Kier alpha value is -0.180. The Labute approximate surface area is 96.3 Å². The number of aliphatic imine (C=N–C) groups is 1. The quantitative estimate of drug-likeness (QED) is 0.740. The van der Waals surface area contributed by atoms with Crippen LogP contribution in [-0.2, 0) is 0 Å². The summed E-state index contributed by atoms with van der Waals surface area (Å²) in [4.78, 5) is 4.95. The molecule has 1 aliphatic heterocycles. The lowest BCUT2D eigenvalue weighted by Crippen LogP contribution is -2.49. The summed E-state index contributed by atoms with van der Waals surface area (Å²) in [5.74, 6) is 1.23. The fourth-order valence-electron chi connectivity index (χ4n) is 2.93. The van der Waals surface area contributed by atoms with E-state index in [0.717, 1.165) is 0 Å². The second-order valence-electron chi connectivity index (χ2n) is 5.68. The maximum absolute atomic E-state index is 4.95. The fraction of sp³-hybridized carbons (Fsp3) is 0.917. The zero-order valence-corrected chi connectivity index (χ0v) is 10.3. The van der Waals surface area contributed by atoms with E-state index in [2.05, 4.69) is 12.2 Å². The van der Waals surface area contributed by atoms with Crippen molar-refractivity contribution in [1.29, 1.82) is 0 Å². The van der Waals surface area contributed by atoms with E-state index in [-0.39, 0.29) is 0 Å². The molecule has 2 saturated carbocycles. The number of thioether (sulfide) groups is 1. The van der Waals surface area contributed by atoms with Gasteiger partial charge in [-0.2, -0.15) is 0 Å². The van der Waals surface area contributed by atoms with Gasteiger partial charge in [0.2, 0.25) is 0 Å². The van der Waals surface area contributed by atoms with Crippen LogP contribution < -0.4 is 5.32 Å². The molecule has 0 radical (unpaired) electrons. The average Bonchev–Trinajstić information content (AvgIpc) is 2.76. The Morgan fingerprint density at radius 2 is 1.87 bits per heavy atom. The van der Waals surface area contributed by atoms with Gasteiger partial charge in [0, 0.05) is 11.3 Å². The van der Waals surface area contributed by atoms with Crippen LogP contribution >= 0.6 is 11.8 Å². The Bertz CT molecular complexity index is 288. The smallest absolute Gasteiger partial charge is 0.157 e. The van der Waals surface area contributed by atoms with Crippen molar-refractivity contribution in [2.75, 3.05) is 5.75 Å². The van der Waals surface area contributed by atoms with Crippen LogP contribution in [0.2, 0.25) is 0 Å². The third-order valence-corrected chi connectivity index (χ3v) is 5.36. The van der Waals surface area contributed by atoms with E-state index in [1.165, 1.54) is 55.9 Å². The van der Waals surface area contributed by atoms with Crippen molar-refractivity contribution in [3.63, 3.8) is 0 Å². The molecule has 0 bridgehead atoms. The number of hydrogen-bond donors (Lipinski definition) is 1. The molecule has 0 atom stereocenters. The zero-order valence-electron chi connectivity index (χ0n) is 9.51. The van der Waals surface area contributed by atoms with Crippen molar-refractivity contribution in [3.05, 3.63) is 0 Å². The summed E-state index contributed by atoms with van der Waals surface area (Å²) in [6.07, 6.45) is 9.43. The van der Waals surface area contributed by atoms with Gasteiger partial charge in [0.1, 0.15) is 0 Å². The minimum absolute atomic E-state index is 0.340. The summed E-state index contributed by atoms with van der Waals surface area (Å²) in [5.41, 5.74) is 0.711. The minimum Gasteiger partial charge on any atom is -0.360 e. The molecule has 0 amide bonds. The van der Waals surface area contributed by atoms with Crippen LogP contribution in [0.3, 0.4) is 0 Å². The molecular weight excluding hydrogens is 204 g/mol. The molecular formula is C12H20N2S. The monoisotopic (exact) mass is 224 g/mol. The molecule has 2 aliphatic carbocycles. The van der Waals surface area contributed by atoms with E-state index in [1.54, 1.807) is 0 Å². The van der Waals surface area contributed by atoms with Crippen molar-refractivity contribution >= 4 is 16.9 Å². The third-order valence-electron chi connectivity index (χ3n) is 4.22. The Kier molecular flexibility index (Phi) is 2.27. The molecule has 0 aromatic carbocycles. The number of hydrogen-bond acceptors (Lipinski definition) is 3. The molecule has 0 aromatic rings. The number of amidine groups is 1. The molecule has 0 aromatic heterocycles. The first-order chi connectivity index (χ1) is 7.20. The van der Waals surface area contributed by atoms with Gasteiger partial charge in [0.05, 0.1) is 5.54 Å². The average molecular weight is 224 g/mol. The summed E-state index contributed by atoms with van der Waals surface area (Å²) in [6, 6.07) is 0. The van der Waals surface area contributed by atoms with Gasteiger partial charge in [-0.15, -0.1) is 0 Å². The summed E-state index contributed by atoms with van der Waals surface area (Å²) >= 11 is 1.95. The summed E-state index contributed by atoms with van der Waals surface area (Å²) in [5, 5.41) is 4.89. The van der Waals surface area contributed by atoms with Crippen LogP contribution in [0.15, 0.2) is 4.99 Å². The van der Waals surface area contributed by atoms with Crippen LogP contribution in [0.5, 0.6) is 0 Å². The summed E-state index contributed by atoms with van der Waals surface area (Å²) in [6.45, 7) is 2.33. The van der Waals surface area contributed by atoms with Crippen LogP contribution in [0, 0.1) is 0 Å². The third kappa shape index (κ3) is 1.79. The molecule has 1 spiro atoms. The summed E-state index contributed by atoms with van der Waals surface area (Å²) < 4.78 is 0. The summed E-state index contributed by atoms with van der Waals surface area (Å²) in [7, 11) is 0. The Morgan fingerprint density at radius 1 is 1.13 bits per heavy atom. The molecule has 2 nitrogen and oxygen atoms in total. The molecule has 84 valence electrons. The number of nitrogens with zero attached hydrogens (tertiary/aromatic N) is 1. The lowest BCUT2D eigenvalue weighted by atomic mass is 9.79. The maximum atomic E-state index is 4.95. The van der Waals surface area contributed by atoms with Gasteiger partial charge in [-0.25, -0.2) is 0 Å². The van der Waals surface area contributed by atoms with Crippen molar-refractivity contribution in [1.82, 2.24) is 5.32 Å². The molecule has 0 saturated heterocycles. The SMILES string of the molecule is CC1(NC2=NC3(CCCC3)CS2)CCC1. The molecule has 0 unspecified atom stereocenters. The van der Waals surface area contributed by atoms with Crippen molar-refractivity contribution < 1.29 is 0 Å². The highest BCUT2D eigenvalue weighted by atomic mass is 32.2. The highest BCUT2D eigenvalue weighted by molar-refractivity contribution is 8.14. The lowest BCUT2D eigenvalue weighted by molar-refractivity contribution is 0.245. The predicted molar refractivity (Wildman–Crippen MR) is 66.5 cm³/mol. The molecule has 2 fully saturated rings. The molecule has 1 N–H and O–H groups in total. The first-order valence-electron chi connectivity index (χ1n) is 6.21. The van der Waals surface area contributed by atoms with Crippen molar-refractivity contribution in [3.8, 4) is 0 Å². The van der Waals surface area contributed by atoms with Gasteiger partial charge in [-0.3, -0.25) is 4.99 Å². The molecule has 1 heterocycles. The Balaban J connectivity index is 1.67. The first-order valence-corrected chi connectivity index (χ1v) is 7.19. The van der Waals surface area contributed by atoms with Crippen molar-refractivity contribution in [2.24, 2.45) is 4.99 Å². The molecule has 3 rings (SSSR count). The van der Waals surface area contributed by atoms with E-state index in [4.69, 9.17) is 4.99 Å². The highest BCUT2D eigenvalue weighted by Gasteiger charge is 2.40. The minimum atomic E-state index is 0.340. The van der Waals surface area contributed by atoms with E-state index >= 15 is 0 Å². The second-order valence-corrected chi connectivity index (χ2v) is 6.64. The number of nitrogens with one attached hydrogen (secondary N) is 1. The van der Waals surface area contributed by atoms with Crippen LogP contribution in [-0.4, -0.2) is 22.0 Å². The van der Waals surface area contributed by atoms with Crippen molar-refractivity contribution in [2.45, 2.75) is 62.9 Å². The van der Waals surface area contributed by atoms with Gasteiger partial charge in [0.15, 0.2) is 5.17 Å². The highest BCUT2D eigenvalue weighted by Crippen LogP contribution is 2.42. The zero-order chi connectivity index (χ0) is 10.4. The van der Waals surface area contributed by atoms with E-state index in [9.17, 15) is 0 Å². The molecule has 15 heavy (non-hydrogen) atoms. The van der Waals surface area contributed by atoms with E-state index in [0.29, 0.717) is 11.1 Å². The van der Waals surface area contributed by atoms with Gasteiger partial charge in [-0.05, 0) is 39.0 Å². The fourth-order valence-corrected chi connectivity index (χ4v) is 4.26. The number of rotatable bonds is 1. The van der Waals surface area contributed by atoms with Crippen LogP contribution in [0.4, 0.5) is 0 Å². The van der Waals surface area contributed by atoms with Gasteiger partial charge in [0.25, 0.3) is 0 Å². The van der Waals surface area contributed by atoms with Gasteiger partial charge in [-0.1, -0.05) is 24.6 Å². The van der Waals surface area contributed by atoms with Gasteiger partial charge >= 0.3 is 0 Å². The lowest BCUT2D eigenvalue weighted by Gasteiger charge is -2.39. The van der Waals surface area contributed by atoms with Crippen LogP contribution in [0.1, 0.15) is 51.9 Å². The Morgan fingerprint density at radius 3 is 2.47 bits per heavy atom. The van der Waals surface area contributed by atoms with Crippen LogP contribution in [0.25, 0.3) is 0 Å². The van der Waals surface area contributed by atoms with E-state index in [1.807, 2.05) is 11.8 Å². The normalized spacial score (nSPS) is 31.4. The van der Waals surface area contributed by atoms with Gasteiger partial charge < -0.3 is 5.32 Å². The topological polar surface area (TPSA) is 24.4 Å². The van der Waals surface area contributed by atoms with E-state index < -0.39 is 0 Å². The maximum Gasteiger partial charge on any atom is 0.157 e. The largest absolute Gasteiger partial charge is 0.360 e. The molecule has 3 heteroatoms. The predicted octanol–water partition coefficient (Wildman–Crippen LogP) is 2.93. The molecule has 3 aliphatic rings. The second kappa shape index (κ2) is 3.41. The first kappa shape index (κ1) is 10.0. The standard InChI is InChI=1S/C12H20N2S/c1-11(5-4-6-11)13-10-14-12(9-15-10)7-2-3-8-12/h2-9H2,1H3,(H,13,14).